The molecule has 4 nitrogen and oxygen atoms in total. The van der Waals surface area contributed by atoms with Crippen LogP contribution in [0, 0.1) is 27.7 Å². The second kappa shape index (κ2) is 14.3. The third-order valence-corrected chi connectivity index (χ3v) is 12.8. The van der Waals surface area contributed by atoms with Crippen LogP contribution in [0.2, 0.25) is 0 Å². The van der Waals surface area contributed by atoms with Gasteiger partial charge in [-0.15, -0.1) is 0 Å². The highest BCUT2D eigenvalue weighted by atomic mass is 19.1. The van der Waals surface area contributed by atoms with Crippen LogP contribution >= 0.6 is 0 Å². The molecule has 7 aromatic rings. The number of aryl methyl sites for hydroxylation is 5. The first-order chi connectivity index (χ1) is 27.8. The zero-order valence-corrected chi connectivity index (χ0v) is 37.2. The number of nitrogens with zero attached hydrogens (tertiary/aromatic N) is 2. The van der Waals surface area contributed by atoms with Crippen molar-refractivity contribution in [2.75, 3.05) is 7.05 Å². The third kappa shape index (κ3) is 6.77. The average Bonchev–Trinajstić information content (AvgIpc) is 3.59. The Bertz CT molecular complexity index is 2900. The number of benzene rings is 6. The summed E-state index contributed by atoms with van der Waals surface area (Å²) in [6.45, 7) is 25.4. The number of ether oxygens (including phenoxy) is 1. The Balaban J connectivity index is 1.15. The van der Waals surface area contributed by atoms with Crippen molar-refractivity contribution in [2.24, 2.45) is 0 Å². The van der Waals surface area contributed by atoms with Crippen LogP contribution in [0.5, 0.6) is 5.75 Å². The predicted molar refractivity (Wildman–Crippen MR) is 247 cm³/mol. The van der Waals surface area contributed by atoms with Crippen LogP contribution in [0.4, 0.5) is 4.39 Å². The van der Waals surface area contributed by atoms with E-state index in [0.717, 1.165) is 61.8 Å². The number of likely N-dealkylation sites (N-methyl/N-ethyl adjacent to an activating group) is 1. The van der Waals surface area contributed by atoms with E-state index in [2.05, 4.69) is 155 Å². The van der Waals surface area contributed by atoms with Crippen LogP contribution in [-0.2, 0) is 28.8 Å². The third-order valence-electron chi connectivity index (χ3n) is 12.8. The fraction of sp³-hybridized carbons (Fsp3) is 0.333. The lowest BCUT2D eigenvalue weighted by molar-refractivity contribution is -0.434. The Hall–Kier alpha value is -5.55. The second-order valence-corrected chi connectivity index (χ2v) is 19.2. The molecule has 59 heavy (non-hydrogen) atoms. The van der Waals surface area contributed by atoms with E-state index in [4.69, 9.17) is 4.74 Å². The molecule has 0 bridgehead atoms. The van der Waals surface area contributed by atoms with Crippen molar-refractivity contribution in [3.8, 4) is 5.75 Å². The maximum atomic E-state index is 14.7. The Morgan fingerprint density at radius 3 is 1.86 bits per heavy atom. The lowest BCUT2D eigenvalue weighted by atomic mass is 9.79. The summed E-state index contributed by atoms with van der Waals surface area (Å²) in [6.07, 6.45) is 2.98. The topological polar surface area (TPSA) is 34.2 Å². The number of aromatic nitrogens is 1. The summed E-state index contributed by atoms with van der Waals surface area (Å²) in [5, 5.41) is 10.1. The fourth-order valence-electron chi connectivity index (χ4n) is 9.71. The van der Waals surface area contributed by atoms with Crippen molar-refractivity contribution >= 4 is 60.3 Å². The molecule has 0 amide bonds. The van der Waals surface area contributed by atoms with Gasteiger partial charge in [0.15, 0.2) is 12.5 Å². The van der Waals surface area contributed by atoms with Gasteiger partial charge < -0.3 is 9.30 Å². The van der Waals surface area contributed by atoms with E-state index < -0.39 is 6.80 Å². The van der Waals surface area contributed by atoms with Crippen molar-refractivity contribution < 1.29 is 18.5 Å². The zero-order chi connectivity index (χ0) is 42.5. The molecule has 0 unspecified atom stereocenters. The van der Waals surface area contributed by atoms with Gasteiger partial charge in [0.05, 0.1) is 17.7 Å². The number of fused-ring (bicyclic) bond motifs is 2. The number of halogens is 1. The van der Waals surface area contributed by atoms with E-state index in [1.54, 1.807) is 4.57 Å². The molecule has 2 heterocycles. The Morgan fingerprint density at radius 1 is 0.712 bits per heavy atom. The molecule has 6 aromatic carbocycles. The van der Waals surface area contributed by atoms with Crippen molar-refractivity contribution in [1.29, 1.82) is 0 Å². The highest BCUT2D eigenvalue weighted by Gasteiger charge is 2.32. The van der Waals surface area contributed by atoms with E-state index in [0.29, 0.717) is 12.2 Å². The van der Waals surface area contributed by atoms with Crippen LogP contribution in [0.3, 0.4) is 0 Å². The summed E-state index contributed by atoms with van der Waals surface area (Å²) in [5.74, 6) is 0.250. The molecular formula is C54H58FN2O2+. The average molecular weight is 786 g/mol. The monoisotopic (exact) mass is 785 g/mol. The lowest BCUT2D eigenvalue weighted by Crippen LogP contribution is -2.14. The summed E-state index contributed by atoms with van der Waals surface area (Å²) in [6, 6.07) is 26.7. The summed E-state index contributed by atoms with van der Waals surface area (Å²) in [5.41, 5.74) is 13.8. The van der Waals surface area contributed by atoms with E-state index in [1.807, 2.05) is 19.1 Å². The van der Waals surface area contributed by atoms with Gasteiger partial charge in [-0.2, -0.15) is 4.58 Å². The minimum Gasteiger partial charge on any atom is -0.427 e. The SMILES string of the molecule is CC1=CC(C)=[N+](C)/C1=C(/c1c(C)cc(OC(=O)CCc2ccc3c4cc(C(C)(C)C)cc5cc(C(C)(C)C)cc(c6cccc2c63)c54)cc1C)c1c(C)cc(C)n1CF. The summed E-state index contributed by atoms with van der Waals surface area (Å²) in [4.78, 5) is 13.7. The number of hydrogen-bond donors (Lipinski definition) is 0. The van der Waals surface area contributed by atoms with Gasteiger partial charge in [0, 0.05) is 24.3 Å². The molecule has 0 aliphatic carbocycles. The van der Waals surface area contributed by atoms with Crippen molar-refractivity contribution in [3.63, 3.8) is 0 Å². The number of carbonyl (C=O) groups excluding carboxylic acids is 1. The molecule has 1 aromatic heterocycles. The van der Waals surface area contributed by atoms with Crippen molar-refractivity contribution in [3.05, 3.63) is 140 Å². The molecule has 0 spiro atoms. The second-order valence-electron chi connectivity index (χ2n) is 19.2. The van der Waals surface area contributed by atoms with Crippen molar-refractivity contribution in [1.82, 2.24) is 4.57 Å². The quantitative estimate of drug-likeness (QED) is 0.0530. The molecule has 0 atom stereocenters. The first-order valence-electron chi connectivity index (χ1n) is 21.0. The van der Waals surface area contributed by atoms with E-state index >= 15 is 0 Å². The molecule has 8 rings (SSSR count). The first kappa shape index (κ1) is 40.2. The van der Waals surface area contributed by atoms with Crippen LogP contribution in [-0.4, -0.2) is 27.9 Å². The zero-order valence-electron chi connectivity index (χ0n) is 37.2. The van der Waals surface area contributed by atoms with E-state index in [-0.39, 0.29) is 23.2 Å². The highest BCUT2D eigenvalue weighted by molar-refractivity contribution is 6.33. The minimum absolute atomic E-state index is 0.00345. The Kier molecular flexibility index (Phi) is 9.77. The molecule has 5 heteroatoms. The minimum atomic E-state index is -0.617. The normalized spacial score (nSPS) is 14.8. The molecule has 0 saturated heterocycles. The van der Waals surface area contributed by atoms with E-state index in [9.17, 15) is 9.18 Å². The number of rotatable bonds is 7. The number of hydrogen-bond acceptors (Lipinski definition) is 2. The number of carbonyl (C=O) groups is 1. The van der Waals surface area contributed by atoms with Crippen molar-refractivity contribution in [2.45, 2.75) is 114 Å². The smallest absolute Gasteiger partial charge is 0.311 e. The standard InChI is InChI=1S/C54H58FN2O2/c1-30-23-40(24-31(2)47(30)50(51-32(3)21-34(5)56(51)13)52-33(4)22-35(6)57(52)29-55)59-46(58)20-18-36-17-19-43-45-28-39(54(10,11)12)26-37-25-38(53(7,8)9)27-44(48(37)45)42-16-14-15-41(36)49(42)43/h14-17,19,21-28H,18,20,29H2,1-13H3/q+1. The van der Waals surface area contributed by atoms with Crippen LogP contribution in [0.25, 0.3) is 48.7 Å². The van der Waals surface area contributed by atoms with Gasteiger partial charge in [-0.05, 0) is 164 Å². The van der Waals surface area contributed by atoms with E-state index in [1.165, 1.54) is 54.2 Å². The first-order valence-corrected chi connectivity index (χ1v) is 21.0. The molecular weight excluding hydrogens is 728 g/mol. The summed E-state index contributed by atoms with van der Waals surface area (Å²) < 4.78 is 24.8. The molecule has 1 aliphatic heterocycles. The van der Waals surface area contributed by atoms with Gasteiger partial charge in [-0.25, -0.2) is 4.39 Å². The largest absolute Gasteiger partial charge is 0.427 e. The fourth-order valence-corrected chi connectivity index (χ4v) is 9.71. The Morgan fingerprint density at radius 2 is 1.31 bits per heavy atom. The van der Waals surface area contributed by atoms with Gasteiger partial charge in [0.25, 0.3) is 0 Å². The molecule has 0 radical (unpaired) electrons. The van der Waals surface area contributed by atoms with Gasteiger partial charge in [0.2, 0.25) is 5.70 Å². The van der Waals surface area contributed by atoms with Crippen LogP contribution in [0.1, 0.15) is 112 Å². The number of allylic oxidation sites excluding steroid dienone is 2. The maximum absolute atomic E-state index is 14.7. The van der Waals surface area contributed by atoms with Gasteiger partial charge in [-0.3, -0.25) is 4.79 Å². The van der Waals surface area contributed by atoms with Crippen LogP contribution in [0.15, 0.2) is 90.1 Å². The maximum Gasteiger partial charge on any atom is 0.311 e. The lowest BCUT2D eigenvalue weighted by Gasteiger charge is -2.25. The molecule has 0 saturated carbocycles. The number of alkyl halides is 1. The highest BCUT2D eigenvalue weighted by Crippen LogP contribution is 2.45. The van der Waals surface area contributed by atoms with Gasteiger partial charge in [-0.1, -0.05) is 84.0 Å². The molecule has 1 aliphatic rings. The van der Waals surface area contributed by atoms with Gasteiger partial charge in [0.1, 0.15) is 12.8 Å². The molecule has 0 N–H and O–H groups in total. The van der Waals surface area contributed by atoms with Crippen LogP contribution < -0.4 is 4.74 Å². The van der Waals surface area contributed by atoms with Gasteiger partial charge >= 0.3 is 5.97 Å². The molecule has 0 fully saturated rings. The number of esters is 1. The predicted octanol–water partition coefficient (Wildman–Crippen LogP) is 13.7. The summed E-state index contributed by atoms with van der Waals surface area (Å²) in [7, 11) is 2.07. The molecule has 302 valence electrons. The Labute approximate surface area is 349 Å². The summed E-state index contributed by atoms with van der Waals surface area (Å²) >= 11 is 0.